The number of benzene rings is 1. The molecule has 0 saturated carbocycles. The van der Waals surface area contributed by atoms with E-state index in [9.17, 15) is 4.79 Å². The maximum Gasteiger partial charge on any atom is 0.275 e. The normalized spacial score (nSPS) is 11.0. The van der Waals surface area contributed by atoms with Gasteiger partial charge in [-0.15, -0.1) is 0 Å². The molecule has 0 atom stereocenters. The van der Waals surface area contributed by atoms with Crippen molar-refractivity contribution in [2.45, 2.75) is 27.3 Å². The van der Waals surface area contributed by atoms with Crippen molar-refractivity contribution in [2.24, 2.45) is 0 Å². The zero-order chi connectivity index (χ0) is 16.6. The molecule has 2 heterocycles. The number of hydrogen-bond donors (Lipinski definition) is 1. The van der Waals surface area contributed by atoms with E-state index in [4.69, 9.17) is 4.74 Å². The smallest absolute Gasteiger partial charge is 0.275 e. The SMILES string of the molecule is CCn1nc(C)cc1C(=O)Nc1nc2c(OC)ccc(C)c2s1. The third-order valence-corrected chi connectivity index (χ3v) is 4.68. The van der Waals surface area contributed by atoms with Gasteiger partial charge < -0.3 is 4.74 Å². The Hall–Kier alpha value is -2.41. The van der Waals surface area contributed by atoms with E-state index in [1.54, 1.807) is 17.9 Å². The number of methoxy groups -OCH3 is 1. The summed E-state index contributed by atoms with van der Waals surface area (Å²) < 4.78 is 8.04. The first-order chi connectivity index (χ1) is 11.0. The molecule has 3 aromatic rings. The van der Waals surface area contributed by atoms with Crippen molar-refractivity contribution in [3.8, 4) is 5.75 Å². The first-order valence-electron chi connectivity index (χ1n) is 7.33. The third kappa shape index (κ3) is 2.79. The number of rotatable bonds is 4. The predicted octanol–water partition coefficient (Wildman–Crippen LogP) is 3.39. The van der Waals surface area contributed by atoms with Gasteiger partial charge in [-0.25, -0.2) is 4.98 Å². The Morgan fingerprint density at radius 3 is 2.87 bits per heavy atom. The van der Waals surface area contributed by atoms with Crippen LogP contribution < -0.4 is 10.1 Å². The monoisotopic (exact) mass is 330 g/mol. The largest absolute Gasteiger partial charge is 0.494 e. The fourth-order valence-electron chi connectivity index (χ4n) is 2.46. The van der Waals surface area contributed by atoms with Crippen molar-refractivity contribution < 1.29 is 9.53 Å². The lowest BCUT2D eigenvalue weighted by molar-refractivity contribution is 0.101. The number of hydrogen-bond acceptors (Lipinski definition) is 5. The second-order valence-corrected chi connectivity index (χ2v) is 6.22. The van der Waals surface area contributed by atoms with E-state index in [0.29, 0.717) is 23.1 Å². The molecular weight excluding hydrogens is 312 g/mol. The van der Waals surface area contributed by atoms with Gasteiger partial charge in [0.15, 0.2) is 5.13 Å². The quantitative estimate of drug-likeness (QED) is 0.796. The maximum absolute atomic E-state index is 12.5. The summed E-state index contributed by atoms with van der Waals surface area (Å²) in [6.07, 6.45) is 0. The molecule has 0 spiro atoms. The minimum absolute atomic E-state index is 0.205. The number of anilines is 1. The molecule has 0 saturated heterocycles. The number of fused-ring (bicyclic) bond motifs is 1. The second-order valence-electron chi connectivity index (χ2n) is 5.22. The van der Waals surface area contributed by atoms with Crippen LogP contribution in [0.25, 0.3) is 10.2 Å². The third-order valence-electron chi connectivity index (χ3n) is 3.58. The lowest BCUT2D eigenvalue weighted by atomic mass is 10.2. The van der Waals surface area contributed by atoms with Gasteiger partial charge in [-0.3, -0.25) is 14.8 Å². The summed E-state index contributed by atoms with van der Waals surface area (Å²) >= 11 is 1.44. The minimum Gasteiger partial charge on any atom is -0.494 e. The summed E-state index contributed by atoms with van der Waals surface area (Å²) in [4.78, 5) is 17.0. The highest BCUT2D eigenvalue weighted by Gasteiger charge is 2.17. The van der Waals surface area contributed by atoms with E-state index in [2.05, 4.69) is 15.4 Å². The standard InChI is InChI=1S/C16H18N4O2S/c1-5-20-11(8-10(3)19-20)15(21)18-16-17-13-12(22-4)7-6-9(2)14(13)23-16/h6-8H,5H2,1-4H3,(H,17,18,21). The van der Waals surface area contributed by atoms with Crippen LogP contribution in [0.15, 0.2) is 18.2 Å². The molecule has 3 rings (SSSR count). The fraction of sp³-hybridized carbons (Fsp3) is 0.312. The van der Waals surface area contributed by atoms with E-state index in [1.165, 1.54) is 11.3 Å². The van der Waals surface area contributed by atoms with Gasteiger partial charge in [0, 0.05) is 6.54 Å². The fourth-order valence-corrected chi connectivity index (χ4v) is 3.40. The molecule has 0 aliphatic heterocycles. The number of thiazole rings is 1. The molecular formula is C16H18N4O2S. The van der Waals surface area contributed by atoms with E-state index >= 15 is 0 Å². The topological polar surface area (TPSA) is 69.0 Å². The number of ether oxygens (including phenoxy) is 1. The number of nitrogens with zero attached hydrogens (tertiary/aromatic N) is 3. The van der Waals surface area contributed by atoms with Crippen LogP contribution in [-0.4, -0.2) is 27.8 Å². The number of aromatic nitrogens is 3. The van der Waals surface area contributed by atoms with Gasteiger partial charge in [0.25, 0.3) is 5.91 Å². The van der Waals surface area contributed by atoms with Gasteiger partial charge in [-0.1, -0.05) is 17.4 Å². The van der Waals surface area contributed by atoms with Gasteiger partial charge in [0.2, 0.25) is 0 Å². The van der Waals surface area contributed by atoms with E-state index in [-0.39, 0.29) is 5.91 Å². The van der Waals surface area contributed by atoms with Crippen LogP contribution in [0.5, 0.6) is 5.75 Å². The van der Waals surface area contributed by atoms with Crippen LogP contribution in [0.2, 0.25) is 0 Å². The Kier molecular flexibility index (Phi) is 4.04. The molecule has 0 aliphatic carbocycles. The average Bonchev–Trinajstić information content (AvgIpc) is 3.11. The van der Waals surface area contributed by atoms with E-state index < -0.39 is 0 Å². The van der Waals surface area contributed by atoms with Crippen LogP contribution >= 0.6 is 11.3 Å². The lowest BCUT2D eigenvalue weighted by Crippen LogP contribution is -2.17. The molecule has 1 N–H and O–H groups in total. The molecule has 120 valence electrons. The van der Waals surface area contributed by atoms with Gasteiger partial charge in [-0.05, 0) is 38.5 Å². The Morgan fingerprint density at radius 2 is 2.17 bits per heavy atom. The first kappa shape index (κ1) is 15.5. The highest BCUT2D eigenvalue weighted by atomic mass is 32.1. The first-order valence-corrected chi connectivity index (χ1v) is 8.15. The van der Waals surface area contributed by atoms with Gasteiger partial charge >= 0.3 is 0 Å². The highest BCUT2D eigenvalue weighted by Crippen LogP contribution is 2.34. The summed E-state index contributed by atoms with van der Waals surface area (Å²) in [5.74, 6) is 0.500. The molecule has 0 unspecified atom stereocenters. The minimum atomic E-state index is -0.205. The number of carbonyl (C=O) groups excluding carboxylic acids is 1. The van der Waals surface area contributed by atoms with Gasteiger partial charge in [-0.2, -0.15) is 5.10 Å². The van der Waals surface area contributed by atoms with Crippen LogP contribution in [0, 0.1) is 13.8 Å². The Balaban J connectivity index is 1.95. The Morgan fingerprint density at radius 1 is 1.39 bits per heavy atom. The van der Waals surface area contributed by atoms with Crippen molar-refractivity contribution in [3.05, 3.63) is 35.2 Å². The lowest BCUT2D eigenvalue weighted by Gasteiger charge is -2.03. The molecule has 0 bridgehead atoms. The summed E-state index contributed by atoms with van der Waals surface area (Å²) in [5, 5.41) is 7.72. The van der Waals surface area contributed by atoms with Gasteiger partial charge in [0.05, 0.1) is 17.5 Å². The van der Waals surface area contributed by atoms with Crippen molar-refractivity contribution in [3.63, 3.8) is 0 Å². The zero-order valence-electron chi connectivity index (χ0n) is 13.5. The second kappa shape index (κ2) is 6.00. The predicted molar refractivity (Wildman–Crippen MR) is 91.5 cm³/mol. The molecule has 2 aromatic heterocycles. The summed E-state index contributed by atoms with van der Waals surface area (Å²) in [6.45, 7) is 6.48. The van der Waals surface area contributed by atoms with Crippen molar-refractivity contribution in [1.82, 2.24) is 14.8 Å². The van der Waals surface area contributed by atoms with E-state index in [0.717, 1.165) is 21.5 Å². The van der Waals surface area contributed by atoms with Crippen LogP contribution in [0.1, 0.15) is 28.7 Å². The molecule has 0 fully saturated rings. The van der Waals surface area contributed by atoms with Crippen molar-refractivity contribution in [1.29, 1.82) is 0 Å². The van der Waals surface area contributed by atoms with Crippen molar-refractivity contribution in [2.75, 3.05) is 12.4 Å². The zero-order valence-corrected chi connectivity index (χ0v) is 14.3. The molecule has 6 nitrogen and oxygen atoms in total. The highest BCUT2D eigenvalue weighted by molar-refractivity contribution is 7.22. The Bertz CT molecular complexity index is 882. The number of carbonyl (C=O) groups is 1. The number of nitrogens with one attached hydrogen (secondary N) is 1. The summed E-state index contributed by atoms with van der Waals surface area (Å²) in [5.41, 5.74) is 3.23. The summed E-state index contributed by atoms with van der Waals surface area (Å²) in [6, 6.07) is 5.65. The Labute approximate surface area is 138 Å². The van der Waals surface area contributed by atoms with Crippen molar-refractivity contribution >= 4 is 32.6 Å². The molecule has 7 heteroatoms. The molecule has 1 amide bonds. The molecule has 0 aliphatic rings. The number of amides is 1. The summed E-state index contributed by atoms with van der Waals surface area (Å²) in [7, 11) is 1.62. The van der Waals surface area contributed by atoms with E-state index in [1.807, 2.05) is 32.9 Å². The molecule has 0 radical (unpaired) electrons. The number of aryl methyl sites for hydroxylation is 3. The van der Waals surface area contributed by atoms with Crippen LogP contribution in [-0.2, 0) is 6.54 Å². The average molecular weight is 330 g/mol. The van der Waals surface area contributed by atoms with Crippen LogP contribution in [0.3, 0.4) is 0 Å². The maximum atomic E-state index is 12.5. The molecule has 23 heavy (non-hydrogen) atoms. The molecule has 1 aromatic carbocycles. The van der Waals surface area contributed by atoms with Crippen LogP contribution in [0.4, 0.5) is 5.13 Å². The van der Waals surface area contributed by atoms with Gasteiger partial charge in [0.1, 0.15) is 17.0 Å².